The highest BCUT2D eigenvalue weighted by Crippen LogP contribution is 2.33. The number of carbonyl (C=O) groups is 2. The number of benzene rings is 2. The van der Waals surface area contributed by atoms with Crippen molar-refractivity contribution in [1.29, 1.82) is 0 Å². The number of piperidine rings is 1. The summed E-state index contributed by atoms with van der Waals surface area (Å²) in [5.74, 6) is 1.91. The van der Waals surface area contributed by atoms with Gasteiger partial charge < -0.3 is 19.1 Å². The van der Waals surface area contributed by atoms with E-state index >= 15 is 0 Å². The van der Waals surface area contributed by atoms with Crippen molar-refractivity contribution in [3.05, 3.63) is 53.6 Å². The highest BCUT2D eigenvalue weighted by molar-refractivity contribution is 8.14. The van der Waals surface area contributed by atoms with Crippen LogP contribution in [0.1, 0.15) is 49.7 Å². The maximum absolute atomic E-state index is 12.7. The van der Waals surface area contributed by atoms with E-state index in [0.717, 1.165) is 61.4 Å². The average Bonchev–Trinajstić information content (AvgIpc) is 3.45. The van der Waals surface area contributed by atoms with Crippen LogP contribution in [0.15, 0.2) is 47.6 Å². The largest absolute Gasteiger partial charge is 0.493 e. The molecule has 5 rings (SSSR count). The Bertz CT molecular complexity index is 1190. The van der Waals surface area contributed by atoms with Gasteiger partial charge in [-0.15, -0.1) is 0 Å². The summed E-state index contributed by atoms with van der Waals surface area (Å²) < 4.78 is 17.3. The van der Waals surface area contributed by atoms with Gasteiger partial charge in [0.1, 0.15) is 6.10 Å². The van der Waals surface area contributed by atoms with Crippen LogP contribution in [0, 0.1) is 0 Å². The number of hydrogen-bond acceptors (Lipinski definition) is 8. The fourth-order valence-electron chi connectivity index (χ4n) is 5.06. The van der Waals surface area contributed by atoms with Crippen molar-refractivity contribution in [1.82, 2.24) is 9.91 Å². The first-order valence-corrected chi connectivity index (χ1v) is 14.6. The molecule has 0 unspecified atom stereocenters. The Morgan fingerprint density at radius 3 is 2.49 bits per heavy atom. The van der Waals surface area contributed by atoms with Crippen LogP contribution in [-0.2, 0) is 11.3 Å². The first kappa shape index (κ1) is 27.3. The van der Waals surface area contributed by atoms with Crippen molar-refractivity contribution < 1.29 is 23.8 Å². The van der Waals surface area contributed by atoms with E-state index in [9.17, 15) is 9.59 Å². The first-order valence-electron chi connectivity index (χ1n) is 13.6. The summed E-state index contributed by atoms with van der Waals surface area (Å²) in [7, 11) is 3.71. The molecule has 2 aromatic rings. The molecule has 1 aliphatic carbocycles. The number of amides is 2. The van der Waals surface area contributed by atoms with Gasteiger partial charge >= 0.3 is 11.3 Å². The van der Waals surface area contributed by atoms with Gasteiger partial charge in [-0.1, -0.05) is 23.9 Å². The Morgan fingerprint density at radius 2 is 1.77 bits per heavy atom. The zero-order valence-electron chi connectivity index (χ0n) is 22.6. The Morgan fingerprint density at radius 1 is 1.03 bits per heavy atom. The summed E-state index contributed by atoms with van der Waals surface area (Å²) in [6.07, 6.45) is 5.90. The molecular formula is C29H36N4O5S. The Labute approximate surface area is 233 Å². The standard InChI is InChI=1S/C29H36N4O5S/c1-32-15-13-24(14-16-32)38-28(34)30-22-10-7-20(8-11-22)18-33-29(35)39-19-25(31-33)21-9-12-26(36-2)27(17-21)37-23-5-3-4-6-23/h7-12,17,23-24H,3-6,13-16,18-19H2,1-2H3,(H,30,34). The second-order valence-corrected chi connectivity index (χ2v) is 11.2. The van der Waals surface area contributed by atoms with Gasteiger partial charge in [-0.2, -0.15) is 5.10 Å². The molecule has 1 N–H and O–H groups in total. The van der Waals surface area contributed by atoms with E-state index in [2.05, 4.69) is 22.4 Å². The van der Waals surface area contributed by atoms with Crippen molar-refractivity contribution in [3.63, 3.8) is 0 Å². The summed E-state index contributed by atoms with van der Waals surface area (Å²) in [5.41, 5.74) is 3.28. The van der Waals surface area contributed by atoms with Gasteiger partial charge in [0.2, 0.25) is 0 Å². The van der Waals surface area contributed by atoms with Crippen LogP contribution in [0.25, 0.3) is 0 Å². The molecule has 0 spiro atoms. The lowest BCUT2D eigenvalue weighted by Crippen LogP contribution is -2.36. The molecule has 0 bridgehead atoms. The minimum atomic E-state index is -0.440. The Balaban J connectivity index is 1.21. The van der Waals surface area contributed by atoms with Gasteiger partial charge in [0.15, 0.2) is 11.5 Å². The maximum Gasteiger partial charge on any atom is 0.411 e. The Kier molecular flexibility index (Phi) is 8.93. The summed E-state index contributed by atoms with van der Waals surface area (Å²) in [6.45, 7) is 2.19. The number of likely N-dealkylation sites (tertiary alicyclic amines) is 1. The molecule has 0 aromatic heterocycles. The maximum atomic E-state index is 12.7. The highest BCUT2D eigenvalue weighted by atomic mass is 32.2. The number of carbonyl (C=O) groups excluding carboxylic acids is 2. The average molecular weight is 553 g/mol. The zero-order valence-corrected chi connectivity index (χ0v) is 23.4. The lowest BCUT2D eigenvalue weighted by molar-refractivity contribution is 0.0662. The molecule has 1 saturated heterocycles. The summed E-state index contributed by atoms with van der Waals surface area (Å²) in [5, 5.41) is 8.88. The fraction of sp³-hybridized carbons (Fsp3) is 0.483. The van der Waals surface area contributed by atoms with E-state index in [1.165, 1.54) is 29.6 Å². The van der Waals surface area contributed by atoms with Crippen LogP contribution in [0.2, 0.25) is 0 Å². The third kappa shape index (κ3) is 7.24. The summed E-state index contributed by atoms with van der Waals surface area (Å²) in [6, 6.07) is 13.2. The van der Waals surface area contributed by atoms with E-state index in [1.807, 2.05) is 42.5 Å². The molecular weight excluding hydrogens is 516 g/mol. The van der Waals surface area contributed by atoms with Crippen LogP contribution in [0.4, 0.5) is 15.3 Å². The number of hydrogen-bond donors (Lipinski definition) is 1. The third-order valence-electron chi connectivity index (χ3n) is 7.35. The van der Waals surface area contributed by atoms with Gasteiger partial charge in [-0.05, 0) is 81.5 Å². The number of nitrogens with one attached hydrogen (secondary N) is 1. The normalized spacial score (nSPS) is 19.1. The van der Waals surface area contributed by atoms with Crippen molar-refractivity contribution >= 4 is 34.5 Å². The van der Waals surface area contributed by atoms with Crippen LogP contribution in [-0.4, -0.2) is 72.2 Å². The van der Waals surface area contributed by atoms with Crippen LogP contribution in [0.3, 0.4) is 0 Å². The minimum Gasteiger partial charge on any atom is -0.493 e. The molecule has 39 heavy (non-hydrogen) atoms. The fourth-order valence-corrected chi connectivity index (χ4v) is 5.80. The number of rotatable bonds is 8. The molecule has 1 saturated carbocycles. The molecule has 2 fully saturated rings. The van der Waals surface area contributed by atoms with Gasteiger partial charge in [-0.25, -0.2) is 9.80 Å². The predicted molar refractivity (Wildman–Crippen MR) is 153 cm³/mol. The van der Waals surface area contributed by atoms with Crippen LogP contribution >= 0.6 is 11.8 Å². The molecule has 0 radical (unpaired) electrons. The predicted octanol–water partition coefficient (Wildman–Crippen LogP) is 5.73. The topological polar surface area (TPSA) is 92.7 Å². The zero-order chi connectivity index (χ0) is 27.2. The summed E-state index contributed by atoms with van der Waals surface area (Å²) in [4.78, 5) is 27.2. The van der Waals surface area contributed by atoms with E-state index < -0.39 is 6.09 Å². The summed E-state index contributed by atoms with van der Waals surface area (Å²) >= 11 is 1.23. The molecule has 2 heterocycles. The van der Waals surface area contributed by atoms with E-state index in [-0.39, 0.29) is 17.4 Å². The van der Waals surface area contributed by atoms with Crippen molar-refractivity contribution in [2.45, 2.75) is 57.3 Å². The number of anilines is 1. The van der Waals surface area contributed by atoms with E-state index in [0.29, 0.717) is 23.7 Å². The van der Waals surface area contributed by atoms with E-state index in [4.69, 9.17) is 14.2 Å². The molecule has 3 aliphatic rings. The van der Waals surface area contributed by atoms with Crippen LogP contribution in [0.5, 0.6) is 11.5 Å². The molecule has 2 aliphatic heterocycles. The second-order valence-electron chi connectivity index (χ2n) is 10.3. The molecule has 2 amide bonds. The van der Waals surface area contributed by atoms with Gasteiger partial charge in [0, 0.05) is 30.1 Å². The Hall–Kier alpha value is -3.24. The first-order chi connectivity index (χ1) is 19.0. The van der Waals surface area contributed by atoms with Gasteiger partial charge in [0.05, 0.1) is 25.5 Å². The molecule has 2 aromatic carbocycles. The number of thioether (sulfide) groups is 1. The van der Waals surface area contributed by atoms with Gasteiger partial charge in [-0.3, -0.25) is 10.1 Å². The number of nitrogens with zero attached hydrogens (tertiary/aromatic N) is 3. The van der Waals surface area contributed by atoms with Crippen molar-refractivity contribution in [2.75, 3.05) is 38.3 Å². The quantitative estimate of drug-likeness (QED) is 0.447. The smallest absolute Gasteiger partial charge is 0.411 e. The molecule has 10 heteroatoms. The number of methoxy groups -OCH3 is 1. The number of hydrazone groups is 1. The minimum absolute atomic E-state index is 0.0498. The second kappa shape index (κ2) is 12.7. The van der Waals surface area contributed by atoms with Crippen molar-refractivity contribution in [2.24, 2.45) is 5.10 Å². The molecule has 0 atom stereocenters. The lowest BCUT2D eigenvalue weighted by atomic mass is 10.1. The monoisotopic (exact) mass is 552 g/mol. The van der Waals surface area contributed by atoms with Crippen LogP contribution < -0.4 is 14.8 Å². The molecule has 9 nitrogen and oxygen atoms in total. The third-order valence-corrected chi connectivity index (χ3v) is 8.22. The number of ether oxygens (including phenoxy) is 3. The lowest BCUT2D eigenvalue weighted by Gasteiger charge is -2.28. The SMILES string of the molecule is COc1ccc(C2=NN(Cc3ccc(NC(=O)OC4CCN(C)CC4)cc3)C(=O)SC2)cc1OC1CCCC1. The van der Waals surface area contributed by atoms with E-state index in [1.54, 1.807) is 7.11 Å². The van der Waals surface area contributed by atoms with Crippen molar-refractivity contribution in [3.8, 4) is 11.5 Å². The van der Waals surface area contributed by atoms with Gasteiger partial charge in [0.25, 0.3) is 0 Å². The highest BCUT2D eigenvalue weighted by Gasteiger charge is 2.25. The molecule has 208 valence electrons.